The van der Waals surface area contributed by atoms with Gasteiger partial charge in [0.05, 0.1) is 11.4 Å². The molecule has 20 heavy (non-hydrogen) atoms. The van der Waals surface area contributed by atoms with Crippen molar-refractivity contribution in [2.75, 3.05) is 36.8 Å². The molecule has 108 valence electrons. The maximum absolute atomic E-state index is 12.1. The van der Waals surface area contributed by atoms with Crippen LogP contribution in [0.5, 0.6) is 0 Å². The number of rotatable bonds is 2. The van der Waals surface area contributed by atoms with Gasteiger partial charge >= 0.3 is 6.03 Å². The highest BCUT2D eigenvalue weighted by molar-refractivity contribution is 5.75. The van der Waals surface area contributed by atoms with Crippen molar-refractivity contribution in [1.82, 2.24) is 10.2 Å². The Morgan fingerprint density at radius 2 is 1.85 bits per heavy atom. The van der Waals surface area contributed by atoms with Crippen molar-refractivity contribution in [3.8, 4) is 0 Å². The highest BCUT2D eigenvalue weighted by Crippen LogP contribution is 2.24. The Bertz CT molecular complexity index is 479. The number of hydrogen-bond acceptors (Lipinski definition) is 3. The van der Waals surface area contributed by atoms with Gasteiger partial charge in [0.1, 0.15) is 0 Å². The zero-order valence-corrected chi connectivity index (χ0v) is 11.7. The average Bonchev–Trinajstić information content (AvgIpc) is 2.43. The van der Waals surface area contributed by atoms with E-state index < -0.39 is 0 Å². The van der Waals surface area contributed by atoms with Gasteiger partial charge in [0.2, 0.25) is 0 Å². The van der Waals surface area contributed by atoms with Gasteiger partial charge in [-0.15, -0.1) is 0 Å². The van der Waals surface area contributed by atoms with Gasteiger partial charge in [-0.05, 0) is 31.4 Å². The van der Waals surface area contributed by atoms with Gasteiger partial charge in [-0.1, -0.05) is 12.1 Å². The summed E-state index contributed by atoms with van der Waals surface area (Å²) < 4.78 is 0. The summed E-state index contributed by atoms with van der Waals surface area (Å²) in [4.78, 5) is 16.2. The number of para-hydroxylation sites is 2. The second-order valence-electron chi connectivity index (χ2n) is 5.61. The second-order valence-corrected chi connectivity index (χ2v) is 5.61. The van der Waals surface area contributed by atoms with E-state index in [2.05, 4.69) is 10.2 Å². The molecule has 5 heteroatoms. The third-order valence-corrected chi connectivity index (χ3v) is 4.28. The average molecular weight is 274 g/mol. The molecule has 1 aromatic rings. The van der Waals surface area contributed by atoms with Gasteiger partial charge in [0, 0.05) is 32.2 Å². The lowest BCUT2D eigenvalue weighted by molar-refractivity contribution is 0.183. The van der Waals surface area contributed by atoms with Crippen LogP contribution in [0.1, 0.15) is 19.3 Å². The molecule has 1 aromatic carbocycles. The van der Waals surface area contributed by atoms with Crippen molar-refractivity contribution in [1.29, 1.82) is 0 Å². The molecule has 1 saturated carbocycles. The van der Waals surface area contributed by atoms with Crippen LogP contribution in [0.15, 0.2) is 24.3 Å². The molecule has 2 amide bonds. The van der Waals surface area contributed by atoms with E-state index in [9.17, 15) is 4.79 Å². The molecule has 0 spiro atoms. The van der Waals surface area contributed by atoms with Gasteiger partial charge in [-0.3, -0.25) is 0 Å². The molecule has 2 fully saturated rings. The molecular formula is C15H22N4O. The maximum atomic E-state index is 12.1. The fourth-order valence-corrected chi connectivity index (χ4v) is 2.74. The van der Waals surface area contributed by atoms with E-state index in [0.717, 1.165) is 50.4 Å². The van der Waals surface area contributed by atoms with Crippen molar-refractivity contribution < 1.29 is 4.79 Å². The lowest BCUT2D eigenvalue weighted by Gasteiger charge is -2.38. The van der Waals surface area contributed by atoms with Crippen LogP contribution in [-0.2, 0) is 0 Å². The fourth-order valence-electron chi connectivity index (χ4n) is 2.74. The number of carbonyl (C=O) groups is 1. The van der Waals surface area contributed by atoms with Gasteiger partial charge < -0.3 is 20.9 Å². The Labute approximate surface area is 119 Å². The van der Waals surface area contributed by atoms with Gasteiger partial charge in [-0.25, -0.2) is 4.79 Å². The summed E-state index contributed by atoms with van der Waals surface area (Å²) in [5.74, 6) is 0. The van der Waals surface area contributed by atoms with Gasteiger partial charge in [0.25, 0.3) is 0 Å². The van der Waals surface area contributed by atoms with Gasteiger partial charge in [0.15, 0.2) is 0 Å². The summed E-state index contributed by atoms with van der Waals surface area (Å²) in [5.41, 5.74) is 7.88. The largest absolute Gasteiger partial charge is 0.397 e. The molecule has 0 aromatic heterocycles. The van der Waals surface area contributed by atoms with Crippen LogP contribution in [0.2, 0.25) is 0 Å². The molecule has 0 atom stereocenters. The normalized spacial score (nSPS) is 19.6. The highest BCUT2D eigenvalue weighted by atomic mass is 16.2. The Morgan fingerprint density at radius 3 is 2.45 bits per heavy atom. The molecule has 5 nitrogen and oxygen atoms in total. The topological polar surface area (TPSA) is 61.6 Å². The molecule has 1 heterocycles. The quantitative estimate of drug-likeness (QED) is 0.806. The van der Waals surface area contributed by atoms with Crippen LogP contribution in [0, 0.1) is 0 Å². The molecule has 1 aliphatic carbocycles. The molecule has 3 rings (SSSR count). The Hall–Kier alpha value is -1.91. The van der Waals surface area contributed by atoms with E-state index in [1.165, 1.54) is 6.42 Å². The Morgan fingerprint density at radius 1 is 1.15 bits per heavy atom. The van der Waals surface area contributed by atoms with Crippen molar-refractivity contribution in [2.45, 2.75) is 25.3 Å². The number of piperazine rings is 1. The lowest BCUT2D eigenvalue weighted by Crippen LogP contribution is -2.54. The third kappa shape index (κ3) is 2.66. The van der Waals surface area contributed by atoms with Crippen molar-refractivity contribution in [2.24, 2.45) is 0 Å². The number of nitrogens with one attached hydrogen (secondary N) is 1. The first-order valence-corrected chi connectivity index (χ1v) is 7.39. The third-order valence-electron chi connectivity index (χ3n) is 4.28. The number of urea groups is 1. The SMILES string of the molecule is Nc1ccccc1N1CCN(C(=O)NC2CCC2)CC1. The smallest absolute Gasteiger partial charge is 0.317 e. The standard InChI is InChI=1S/C15H22N4O/c16-13-6-1-2-7-14(13)18-8-10-19(11-9-18)15(20)17-12-4-3-5-12/h1-2,6-7,12H,3-5,8-11,16H2,(H,17,20). The number of nitrogen functional groups attached to an aromatic ring is 1. The highest BCUT2D eigenvalue weighted by Gasteiger charge is 2.25. The Kier molecular flexibility index (Phi) is 3.67. The van der Waals surface area contributed by atoms with E-state index in [4.69, 9.17) is 5.73 Å². The molecule has 1 saturated heterocycles. The van der Waals surface area contributed by atoms with Crippen LogP contribution in [0.25, 0.3) is 0 Å². The number of carbonyl (C=O) groups excluding carboxylic acids is 1. The molecule has 0 bridgehead atoms. The number of nitrogens with two attached hydrogens (primary N) is 1. The first-order valence-electron chi connectivity index (χ1n) is 7.39. The van der Waals surface area contributed by atoms with Crippen LogP contribution in [0.3, 0.4) is 0 Å². The zero-order valence-electron chi connectivity index (χ0n) is 11.7. The molecule has 1 aliphatic heterocycles. The molecular weight excluding hydrogens is 252 g/mol. The summed E-state index contributed by atoms with van der Waals surface area (Å²) in [6.45, 7) is 3.19. The lowest BCUT2D eigenvalue weighted by atomic mass is 9.93. The van der Waals surface area contributed by atoms with Crippen LogP contribution in [0.4, 0.5) is 16.2 Å². The van der Waals surface area contributed by atoms with E-state index in [-0.39, 0.29) is 6.03 Å². The summed E-state index contributed by atoms with van der Waals surface area (Å²) in [7, 11) is 0. The molecule has 3 N–H and O–H groups in total. The van der Waals surface area contributed by atoms with Crippen molar-refractivity contribution in [3.05, 3.63) is 24.3 Å². The monoisotopic (exact) mass is 274 g/mol. The first-order chi connectivity index (χ1) is 9.74. The zero-order chi connectivity index (χ0) is 13.9. The minimum atomic E-state index is 0.0929. The minimum Gasteiger partial charge on any atom is -0.397 e. The fraction of sp³-hybridized carbons (Fsp3) is 0.533. The number of anilines is 2. The van der Waals surface area contributed by atoms with E-state index in [1.807, 2.05) is 29.2 Å². The maximum Gasteiger partial charge on any atom is 0.317 e. The summed E-state index contributed by atoms with van der Waals surface area (Å²) in [5, 5.41) is 3.10. The van der Waals surface area contributed by atoms with Crippen LogP contribution >= 0.6 is 0 Å². The number of nitrogens with zero attached hydrogens (tertiary/aromatic N) is 2. The molecule has 2 aliphatic rings. The first kappa shape index (κ1) is 13.1. The van der Waals surface area contributed by atoms with Gasteiger partial charge in [-0.2, -0.15) is 0 Å². The van der Waals surface area contributed by atoms with E-state index in [0.29, 0.717) is 6.04 Å². The van der Waals surface area contributed by atoms with Crippen LogP contribution < -0.4 is 16.0 Å². The van der Waals surface area contributed by atoms with Crippen LogP contribution in [-0.4, -0.2) is 43.2 Å². The summed E-state index contributed by atoms with van der Waals surface area (Å²) in [6, 6.07) is 8.41. The Balaban J connectivity index is 1.54. The number of benzene rings is 1. The van der Waals surface area contributed by atoms with Crippen molar-refractivity contribution >= 4 is 17.4 Å². The second kappa shape index (κ2) is 5.61. The predicted molar refractivity (Wildman–Crippen MR) is 80.8 cm³/mol. The number of amides is 2. The van der Waals surface area contributed by atoms with E-state index >= 15 is 0 Å². The molecule has 0 radical (unpaired) electrons. The van der Waals surface area contributed by atoms with E-state index in [1.54, 1.807) is 0 Å². The van der Waals surface area contributed by atoms with Crippen molar-refractivity contribution in [3.63, 3.8) is 0 Å². The summed E-state index contributed by atoms with van der Waals surface area (Å²) in [6.07, 6.45) is 3.50. The number of hydrogen-bond donors (Lipinski definition) is 2. The predicted octanol–water partition coefficient (Wildman–Crippen LogP) is 1.65. The summed E-state index contributed by atoms with van der Waals surface area (Å²) >= 11 is 0. The molecule has 0 unspecified atom stereocenters. The minimum absolute atomic E-state index is 0.0929.